The van der Waals surface area contributed by atoms with Crippen molar-refractivity contribution in [1.82, 2.24) is 0 Å². The molecule has 0 radical (unpaired) electrons. The lowest BCUT2D eigenvalue weighted by atomic mass is 9.89. The van der Waals surface area contributed by atoms with Crippen molar-refractivity contribution in [3.63, 3.8) is 0 Å². The Bertz CT molecular complexity index is 373. The van der Waals surface area contributed by atoms with Crippen LogP contribution in [0.5, 0.6) is 0 Å². The van der Waals surface area contributed by atoms with Gasteiger partial charge >= 0.3 is 0 Å². The van der Waals surface area contributed by atoms with Gasteiger partial charge in [0, 0.05) is 4.88 Å². The lowest BCUT2D eigenvalue weighted by Gasteiger charge is -2.24. The molecule has 88 valence electrons. The Morgan fingerprint density at radius 2 is 1.88 bits per heavy atom. The Balaban J connectivity index is 2.18. The number of hydrogen-bond donors (Lipinski definition) is 1. The molecule has 0 unspecified atom stereocenters. The summed E-state index contributed by atoms with van der Waals surface area (Å²) in [6.07, 6.45) is 5.46. The van der Waals surface area contributed by atoms with Crippen LogP contribution in [0, 0.1) is 6.92 Å². The second-order valence-electron chi connectivity index (χ2n) is 4.69. The highest BCUT2D eigenvalue weighted by molar-refractivity contribution is 7.14. The molecular formula is C13H18O2S. The molecule has 0 bridgehead atoms. The number of ketones is 1. The van der Waals surface area contributed by atoms with Crippen molar-refractivity contribution in [3.05, 3.63) is 21.9 Å². The number of rotatable bonds is 2. The fourth-order valence-electron chi connectivity index (χ4n) is 2.33. The summed E-state index contributed by atoms with van der Waals surface area (Å²) in [5.74, 6) is -0.0625. The van der Waals surface area contributed by atoms with E-state index >= 15 is 0 Å². The highest BCUT2D eigenvalue weighted by atomic mass is 32.1. The van der Waals surface area contributed by atoms with Crippen molar-refractivity contribution in [1.29, 1.82) is 0 Å². The molecule has 1 aromatic heterocycles. The highest BCUT2D eigenvalue weighted by Crippen LogP contribution is 2.32. The largest absolute Gasteiger partial charge is 0.382 e. The van der Waals surface area contributed by atoms with E-state index in [1.165, 1.54) is 11.3 Å². The molecule has 0 aliphatic heterocycles. The molecule has 1 N–H and O–H groups in total. The van der Waals surface area contributed by atoms with Crippen molar-refractivity contribution in [2.45, 2.75) is 51.0 Å². The van der Waals surface area contributed by atoms with Crippen LogP contribution in [-0.4, -0.2) is 16.5 Å². The number of carbonyl (C=O) groups excluding carboxylic acids is 1. The molecule has 1 saturated carbocycles. The van der Waals surface area contributed by atoms with Gasteiger partial charge in [-0.25, -0.2) is 0 Å². The molecule has 1 aliphatic rings. The topological polar surface area (TPSA) is 37.3 Å². The van der Waals surface area contributed by atoms with Crippen molar-refractivity contribution in [3.8, 4) is 0 Å². The number of aliphatic hydroxyl groups is 1. The molecule has 0 atom stereocenters. The van der Waals surface area contributed by atoms with E-state index in [1.54, 1.807) is 0 Å². The molecule has 1 fully saturated rings. The van der Waals surface area contributed by atoms with Crippen LogP contribution in [0.2, 0.25) is 0 Å². The van der Waals surface area contributed by atoms with Gasteiger partial charge in [0.25, 0.3) is 0 Å². The van der Waals surface area contributed by atoms with Crippen LogP contribution in [-0.2, 0) is 0 Å². The smallest absolute Gasteiger partial charge is 0.204 e. The minimum absolute atomic E-state index is 0.0625. The molecule has 2 nitrogen and oxygen atoms in total. The van der Waals surface area contributed by atoms with Crippen molar-refractivity contribution >= 4 is 17.1 Å². The van der Waals surface area contributed by atoms with E-state index in [2.05, 4.69) is 0 Å². The Kier molecular flexibility index (Phi) is 3.45. The average molecular weight is 238 g/mol. The van der Waals surface area contributed by atoms with E-state index in [4.69, 9.17) is 0 Å². The van der Waals surface area contributed by atoms with E-state index in [1.807, 2.05) is 19.1 Å². The maximum atomic E-state index is 12.2. The van der Waals surface area contributed by atoms with Gasteiger partial charge in [0.05, 0.1) is 4.88 Å². The van der Waals surface area contributed by atoms with Crippen LogP contribution >= 0.6 is 11.3 Å². The quantitative estimate of drug-likeness (QED) is 0.634. The standard InChI is InChI=1S/C13H18O2S/c1-10-6-7-11(16-10)12(14)13(15)8-4-2-3-5-9-13/h6-7,15H,2-5,8-9H2,1H3. The maximum absolute atomic E-state index is 12.2. The predicted molar refractivity (Wildman–Crippen MR) is 66.0 cm³/mol. The van der Waals surface area contributed by atoms with Crippen LogP contribution in [0.3, 0.4) is 0 Å². The molecule has 1 heterocycles. The predicted octanol–water partition coefficient (Wildman–Crippen LogP) is 3.32. The molecule has 0 saturated heterocycles. The van der Waals surface area contributed by atoms with Gasteiger partial charge in [-0.2, -0.15) is 0 Å². The van der Waals surface area contributed by atoms with Crippen LogP contribution in [0.15, 0.2) is 12.1 Å². The van der Waals surface area contributed by atoms with Gasteiger partial charge < -0.3 is 5.11 Å². The van der Waals surface area contributed by atoms with E-state index in [0.717, 1.165) is 30.6 Å². The zero-order valence-electron chi connectivity index (χ0n) is 9.66. The summed E-state index contributed by atoms with van der Waals surface area (Å²) >= 11 is 1.49. The summed E-state index contributed by atoms with van der Waals surface area (Å²) < 4.78 is 0. The third-order valence-corrected chi connectivity index (χ3v) is 4.32. The van der Waals surface area contributed by atoms with Gasteiger partial charge in [0.1, 0.15) is 5.60 Å². The summed E-state index contributed by atoms with van der Waals surface area (Å²) in [6.45, 7) is 1.98. The van der Waals surface area contributed by atoms with Gasteiger partial charge in [-0.05, 0) is 31.9 Å². The van der Waals surface area contributed by atoms with E-state index in [0.29, 0.717) is 17.7 Å². The summed E-state index contributed by atoms with van der Waals surface area (Å²) in [6, 6.07) is 3.78. The molecular weight excluding hydrogens is 220 g/mol. The number of Topliss-reactive ketones (excluding diaryl/α,β-unsaturated/α-hetero) is 1. The van der Waals surface area contributed by atoms with Crippen molar-refractivity contribution in [2.75, 3.05) is 0 Å². The summed E-state index contributed by atoms with van der Waals surface area (Å²) in [5, 5.41) is 10.4. The van der Waals surface area contributed by atoms with Crippen molar-refractivity contribution < 1.29 is 9.90 Å². The van der Waals surface area contributed by atoms with Gasteiger partial charge in [-0.15, -0.1) is 11.3 Å². The summed E-state index contributed by atoms with van der Waals surface area (Å²) in [4.78, 5) is 14.1. The molecule has 0 spiro atoms. The second-order valence-corrected chi connectivity index (χ2v) is 5.97. The number of hydrogen-bond acceptors (Lipinski definition) is 3. The number of thiophene rings is 1. The molecule has 0 aromatic carbocycles. The average Bonchev–Trinajstić information content (AvgIpc) is 2.56. The molecule has 1 aromatic rings. The maximum Gasteiger partial charge on any atom is 0.204 e. The molecule has 2 rings (SSSR count). The Labute approximate surface area is 100 Å². The van der Waals surface area contributed by atoms with E-state index in [-0.39, 0.29) is 5.78 Å². The third kappa shape index (κ3) is 2.36. The summed E-state index contributed by atoms with van der Waals surface area (Å²) in [7, 11) is 0. The van der Waals surface area contributed by atoms with Gasteiger partial charge in [-0.1, -0.05) is 25.7 Å². The molecule has 3 heteroatoms. The third-order valence-electron chi connectivity index (χ3n) is 3.32. The van der Waals surface area contributed by atoms with Crippen LogP contribution < -0.4 is 0 Å². The van der Waals surface area contributed by atoms with Crippen LogP contribution in [0.1, 0.15) is 53.1 Å². The highest BCUT2D eigenvalue weighted by Gasteiger charge is 2.37. The lowest BCUT2D eigenvalue weighted by Crippen LogP contribution is -2.37. The lowest BCUT2D eigenvalue weighted by molar-refractivity contribution is 0.0242. The minimum Gasteiger partial charge on any atom is -0.382 e. The molecule has 16 heavy (non-hydrogen) atoms. The fourth-order valence-corrected chi connectivity index (χ4v) is 3.23. The van der Waals surface area contributed by atoms with Gasteiger partial charge in [0.2, 0.25) is 5.78 Å². The zero-order valence-corrected chi connectivity index (χ0v) is 10.5. The van der Waals surface area contributed by atoms with Gasteiger partial charge in [-0.3, -0.25) is 4.79 Å². The first-order chi connectivity index (χ1) is 7.62. The molecule has 0 amide bonds. The minimum atomic E-state index is -1.09. The van der Waals surface area contributed by atoms with Crippen LogP contribution in [0.4, 0.5) is 0 Å². The SMILES string of the molecule is Cc1ccc(C(=O)C2(O)CCCCCC2)s1. The van der Waals surface area contributed by atoms with Gasteiger partial charge in [0.15, 0.2) is 0 Å². The number of aryl methyl sites for hydroxylation is 1. The first-order valence-corrected chi connectivity index (χ1v) is 6.77. The first-order valence-electron chi connectivity index (χ1n) is 5.95. The fraction of sp³-hybridized carbons (Fsp3) is 0.615. The van der Waals surface area contributed by atoms with E-state index < -0.39 is 5.60 Å². The normalized spacial score (nSPS) is 20.4. The monoisotopic (exact) mass is 238 g/mol. The second kappa shape index (κ2) is 4.68. The Morgan fingerprint density at radius 3 is 2.38 bits per heavy atom. The van der Waals surface area contributed by atoms with Crippen LogP contribution in [0.25, 0.3) is 0 Å². The summed E-state index contributed by atoms with van der Waals surface area (Å²) in [5.41, 5.74) is -1.09. The molecule has 1 aliphatic carbocycles. The van der Waals surface area contributed by atoms with Crippen molar-refractivity contribution in [2.24, 2.45) is 0 Å². The Morgan fingerprint density at radius 1 is 1.25 bits per heavy atom. The van der Waals surface area contributed by atoms with E-state index in [9.17, 15) is 9.90 Å². The Hall–Kier alpha value is -0.670. The first kappa shape index (κ1) is 11.8. The number of carbonyl (C=O) groups is 1. The zero-order chi connectivity index (χ0) is 11.6.